The van der Waals surface area contributed by atoms with Gasteiger partial charge < -0.3 is 30.9 Å². The third-order valence-corrected chi connectivity index (χ3v) is 8.27. The monoisotopic (exact) mass is 513 g/mol. The number of anilines is 1. The number of nitrogens with zero attached hydrogens (tertiary/aromatic N) is 3. The van der Waals surface area contributed by atoms with Gasteiger partial charge in [-0.1, -0.05) is 33.1 Å². The summed E-state index contributed by atoms with van der Waals surface area (Å²) in [6, 6.07) is 5.82. The van der Waals surface area contributed by atoms with Crippen molar-refractivity contribution in [1.82, 2.24) is 15.1 Å². The van der Waals surface area contributed by atoms with Crippen LogP contribution in [0.15, 0.2) is 24.3 Å². The summed E-state index contributed by atoms with van der Waals surface area (Å²) in [5.41, 5.74) is 7.14. The summed E-state index contributed by atoms with van der Waals surface area (Å²) in [6.07, 6.45) is 4.54. The van der Waals surface area contributed by atoms with Crippen LogP contribution in [-0.4, -0.2) is 89.6 Å². The normalized spacial score (nSPS) is 25.6. The molecule has 1 aromatic carbocycles. The first-order valence-corrected chi connectivity index (χ1v) is 13.7. The number of rotatable bonds is 7. The number of fused-ring (bicyclic) bond motifs is 1. The molecule has 2 heterocycles. The zero-order valence-electron chi connectivity index (χ0n) is 22.7. The summed E-state index contributed by atoms with van der Waals surface area (Å²) >= 11 is 0. The fourth-order valence-corrected chi connectivity index (χ4v) is 6.27. The molecule has 1 aliphatic carbocycles. The molecule has 1 saturated carbocycles. The number of likely N-dealkylation sites (tertiary alicyclic amines) is 2. The van der Waals surface area contributed by atoms with Crippen LogP contribution in [0.25, 0.3) is 0 Å². The van der Waals surface area contributed by atoms with Crippen molar-refractivity contribution in [2.24, 2.45) is 11.7 Å². The molecule has 9 heteroatoms. The Morgan fingerprint density at radius 1 is 1.11 bits per heavy atom. The largest absolute Gasteiger partial charge is 0.389 e. The molecule has 9 nitrogen and oxygen atoms in total. The number of nitrogens with one attached hydrogen (secondary N) is 1. The number of benzene rings is 1. The zero-order valence-corrected chi connectivity index (χ0v) is 22.7. The van der Waals surface area contributed by atoms with E-state index in [1.165, 1.54) is 0 Å². The third-order valence-electron chi connectivity index (χ3n) is 8.27. The molecule has 3 aliphatic rings. The van der Waals surface area contributed by atoms with Gasteiger partial charge in [0.2, 0.25) is 11.8 Å². The molecule has 3 amide bonds. The number of β-amino-alcohol motifs (C(OH)–C–C–N with tert-alkyl or cyclic N) is 1. The highest BCUT2D eigenvalue weighted by molar-refractivity contribution is 5.98. The number of carbonyl (C=O) groups is 3. The average Bonchev–Trinajstić information content (AvgIpc) is 3.44. The van der Waals surface area contributed by atoms with E-state index in [0.717, 1.165) is 24.9 Å². The number of aliphatic hydroxyl groups excluding tert-OH is 1. The topological polar surface area (TPSA) is 119 Å². The smallest absolute Gasteiger partial charge is 0.251 e. The van der Waals surface area contributed by atoms with Crippen molar-refractivity contribution >= 4 is 23.4 Å². The lowest BCUT2D eigenvalue weighted by atomic mass is 9.81. The van der Waals surface area contributed by atoms with Gasteiger partial charge in [0.1, 0.15) is 6.04 Å². The van der Waals surface area contributed by atoms with Gasteiger partial charge in [0.25, 0.3) is 5.91 Å². The minimum Gasteiger partial charge on any atom is -0.389 e. The molecule has 2 aliphatic heterocycles. The van der Waals surface area contributed by atoms with Crippen LogP contribution in [0.3, 0.4) is 0 Å². The van der Waals surface area contributed by atoms with Gasteiger partial charge in [0, 0.05) is 38.4 Å². The van der Waals surface area contributed by atoms with Crippen molar-refractivity contribution in [1.29, 1.82) is 0 Å². The highest BCUT2D eigenvalue weighted by Gasteiger charge is 2.54. The molecule has 0 aromatic heterocycles. The Bertz CT molecular complexity index is 989. The predicted octanol–water partition coefficient (Wildman–Crippen LogP) is 1.73. The van der Waals surface area contributed by atoms with E-state index in [1.54, 1.807) is 21.9 Å². The van der Waals surface area contributed by atoms with Crippen LogP contribution in [0.1, 0.15) is 69.2 Å². The van der Waals surface area contributed by atoms with Crippen LogP contribution in [0.4, 0.5) is 5.69 Å². The van der Waals surface area contributed by atoms with Gasteiger partial charge in [0.15, 0.2) is 0 Å². The molecule has 4 atom stereocenters. The van der Waals surface area contributed by atoms with Gasteiger partial charge in [-0.05, 0) is 55.9 Å². The van der Waals surface area contributed by atoms with Crippen LogP contribution in [0.2, 0.25) is 0 Å². The van der Waals surface area contributed by atoms with E-state index in [4.69, 9.17) is 5.73 Å². The summed E-state index contributed by atoms with van der Waals surface area (Å²) in [5, 5.41) is 13.9. The van der Waals surface area contributed by atoms with E-state index in [-0.39, 0.29) is 36.2 Å². The zero-order chi connectivity index (χ0) is 26.9. The lowest BCUT2D eigenvalue weighted by Crippen LogP contribution is -2.58. The summed E-state index contributed by atoms with van der Waals surface area (Å²) in [5.74, 6) is -0.417. The Hall–Kier alpha value is -2.65. The fraction of sp³-hybridized carbons (Fsp3) is 0.679. The summed E-state index contributed by atoms with van der Waals surface area (Å²) < 4.78 is 0. The van der Waals surface area contributed by atoms with Crippen LogP contribution in [0.5, 0.6) is 0 Å². The van der Waals surface area contributed by atoms with E-state index < -0.39 is 23.7 Å². The number of nitrogens with two attached hydrogens (primary N) is 1. The van der Waals surface area contributed by atoms with Crippen LogP contribution in [0, 0.1) is 5.92 Å². The highest BCUT2D eigenvalue weighted by Crippen LogP contribution is 2.36. The van der Waals surface area contributed by atoms with E-state index >= 15 is 0 Å². The highest BCUT2D eigenvalue weighted by atomic mass is 16.3. The van der Waals surface area contributed by atoms with Gasteiger partial charge in [0.05, 0.1) is 23.7 Å². The molecule has 0 radical (unpaired) electrons. The summed E-state index contributed by atoms with van der Waals surface area (Å²) in [6.45, 7) is 4.66. The Labute approximate surface area is 220 Å². The maximum absolute atomic E-state index is 13.8. The molecule has 4 rings (SSSR count). The van der Waals surface area contributed by atoms with Gasteiger partial charge in [-0.3, -0.25) is 14.4 Å². The van der Waals surface area contributed by atoms with Crippen molar-refractivity contribution in [2.45, 2.75) is 88.6 Å². The second-order valence-corrected chi connectivity index (χ2v) is 11.7. The Morgan fingerprint density at radius 2 is 1.76 bits per heavy atom. The molecule has 2 saturated heterocycles. The van der Waals surface area contributed by atoms with E-state index in [2.05, 4.69) is 5.32 Å². The minimum absolute atomic E-state index is 0.0961. The van der Waals surface area contributed by atoms with E-state index in [9.17, 15) is 19.5 Å². The first-order valence-electron chi connectivity index (χ1n) is 13.7. The molecule has 1 aromatic rings. The average molecular weight is 514 g/mol. The van der Waals surface area contributed by atoms with Crippen molar-refractivity contribution in [2.75, 3.05) is 32.1 Å². The molecule has 204 valence electrons. The molecular weight excluding hydrogens is 470 g/mol. The predicted molar refractivity (Wildman–Crippen MR) is 143 cm³/mol. The lowest BCUT2D eigenvalue weighted by Gasteiger charge is -2.37. The molecule has 0 spiro atoms. The molecule has 4 N–H and O–H groups in total. The molecular formula is C28H43N5O4. The Morgan fingerprint density at radius 3 is 2.35 bits per heavy atom. The Balaban J connectivity index is 1.48. The Kier molecular flexibility index (Phi) is 8.14. The van der Waals surface area contributed by atoms with Gasteiger partial charge >= 0.3 is 0 Å². The minimum atomic E-state index is -0.874. The summed E-state index contributed by atoms with van der Waals surface area (Å²) in [7, 11) is 3.87. The number of amides is 3. The maximum atomic E-state index is 13.8. The maximum Gasteiger partial charge on any atom is 0.251 e. The third kappa shape index (κ3) is 5.62. The van der Waals surface area contributed by atoms with E-state index in [0.29, 0.717) is 37.8 Å². The first-order chi connectivity index (χ1) is 17.5. The van der Waals surface area contributed by atoms with Gasteiger partial charge in [-0.25, -0.2) is 0 Å². The molecule has 2 unspecified atom stereocenters. The van der Waals surface area contributed by atoms with E-state index in [1.807, 2.05) is 45.0 Å². The van der Waals surface area contributed by atoms with Gasteiger partial charge in [-0.2, -0.15) is 0 Å². The number of hydrogen-bond donors (Lipinski definition) is 3. The van der Waals surface area contributed by atoms with Crippen LogP contribution >= 0.6 is 0 Å². The van der Waals surface area contributed by atoms with Crippen molar-refractivity contribution < 1.29 is 19.5 Å². The quantitative estimate of drug-likeness (QED) is 0.511. The molecule has 37 heavy (non-hydrogen) atoms. The summed E-state index contributed by atoms with van der Waals surface area (Å²) in [4.78, 5) is 45.7. The van der Waals surface area contributed by atoms with Crippen LogP contribution < -0.4 is 16.0 Å². The lowest BCUT2D eigenvalue weighted by molar-refractivity contribution is -0.140. The van der Waals surface area contributed by atoms with Gasteiger partial charge in [-0.15, -0.1) is 0 Å². The second kappa shape index (κ2) is 11.0. The van der Waals surface area contributed by atoms with Crippen molar-refractivity contribution in [3.8, 4) is 0 Å². The number of hydrogen-bond acceptors (Lipinski definition) is 6. The SMILES string of the molecule is CC(C)CC(NC(=O)c1ccc(N(C)C)cc1)C(=O)N1CC[C@@H]2[C@H]1C(O)CN2C(=O)C1(N)CCCCC1. The van der Waals surface area contributed by atoms with Crippen molar-refractivity contribution in [3.63, 3.8) is 0 Å². The first kappa shape index (κ1) is 27.4. The standard InChI is InChI=1S/C28H43N5O4/c1-18(2)16-21(30-25(35)19-8-10-20(11-9-19)31(3)4)26(36)32-15-12-22-24(32)23(34)17-33(22)27(37)28(29)13-6-5-7-14-28/h8-11,18,21-24,34H,5-7,12-17,29H2,1-4H3,(H,30,35)/t21?,22-,23?,24+/m1/s1. The molecule has 3 fully saturated rings. The number of aliphatic hydroxyl groups is 1. The number of carbonyl (C=O) groups excluding carboxylic acids is 3. The molecule has 0 bridgehead atoms. The second-order valence-electron chi connectivity index (χ2n) is 11.7. The fourth-order valence-electron chi connectivity index (χ4n) is 6.27. The van der Waals surface area contributed by atoms with Crippen LogP contribution in [-0.2, 0) is 9.59 Å². The van der Waals surface area contributed by atoms with Crippen molar-refractivity contribution in [3.05, 3.63) is 29.8 Å².